The molecule has 2 amide bonds. The van der Waals surface area contributed by atoms with Gasteiger partial charge in [0.25, 0.3) is 0 Å². The summed E-state index contributed by atoms with van der Waals surface area (Å²) in [6.45, 7) is -1.30. The van der Waals surface area contributed by atoms with Crippen molar-refractivity contribution in [3.63, 3.8) is 0 Å². The van der Waals surface area contributed by atoms with Crippen molar-refractivity contribution < 1.29 is 23.0 Å². The third-order valence-corrected chi connectivity index (χ3v) is 4.40. The van der Waals surface area contributed by atoms with E-state index in [0.717, 1.165) is 18.4 Å². The van der Waals surface area contributed by atoms with Crippen LogP contribution in [0.15, 0.2) is 54.6 Å². The second kappa shape index (κ2) is 9.32. The number of rotatable bonds is 6. The largest absolute Gasteiger partial charge is 0.433 e. The fourth-order valence-electron chi connectivity index (χ4n) is 2.98. The number of halogens is 2. The summed E-state index contributed by atoms with van der Waals surface area (Å²) in [5.74, 6) is -0.0538. The molecule has 2 aromatic rings. The standard InChI is InChI=1S/C20H22F2N2O3/c21-19(22)27-18-9-5-4-8-17(18)23-20(25)24-12-10-16(11-13-24)26-14-15-6-2-1-3-7-15/h1-9,16,19H,10-14H2,(H,23,25). The molecule has 144 valence electrons. The van der Waals surface area contributed by atoms with Gasteiger partial charge < -0.3 is 19.7 Å². The summed E-state index contributed by atoms with van der Waals surface area (Å²) in [5, 5.41) is 2.65. The second-order valence-electron chi connectivity index (χ2n) is 6.29. The molecule has 1 aliphatic heterocycles. The van der Waals surface area contributed by atoms with Gasteiger partial charge in [-0.25, -0.2) is 4.79 Å². The molecular formula is C20H22F2N2O3. The fraction of sp³-hybridized carbons (Fsp3) is 0.350. The van der Waals surface area contributed by atoms with Crippen LogP contribution >= 0.6 is 0 Å². The maximum absolute atomic E-state index is 12.5. The third-order valence-electron chi connectivity index (χ3n) is 4.40. The molecule has 3 rings (SSSR count). The van der Waals surface area contributed by atoms with E-state index in [1.165, 1.54) is 12.1 Å². The number of para-hydroxylation sites is 2. The number of ether oxygens (including phenoxy) is 2. The molecular weight excluding hydrogens is 354 g/mol. The van der Waals surface area contributed by atoms with Crippen LogP contribution in [0.2, 0.25) is 0 Å². The molecule has 1 N–H and O–H groups in total. The molecule has 0 spiro atoms. The minimum atomic E-state index is -2.94. The van der Waals surface area contributed by atoms with Crippen molar-refractivity contribution in [1.82, 2.24) is 4.90 Å². The molecule has 0 aliphatic carbocycles. The van der Waals surface area contributed by atoms with Crippen molar-refractivity contribution in [1.29, 1.82) is 0 Å². The summed E-state index contributed by atoms with van der Waals surface area (Å²) in [7, 11) is 0. The monoisotopic (exact) mass is 376 g/mol. The molecule has 0 aromatic heterocycles. The highest BCUT2D eigenvalue weighted by Crippen LogP contribution is 2.26. The fourth-order valence-corrected chi connectivity index (χ4v) is 2.98. The van der Waals surface area contributed by atoms with E-state index >= 15 is 0 Å². The number of anilines is 1. The van der Waals surface area contributed by atoms with E-state index in [1.54, 1.807) is 17.0 Å². The molecule has 0 bridgehead atoms. The Morgan fingerprint density at radius 2 is 1.74 bits per heavy atom. The van der Waals surface area contributed by atoms with Crippen LogP contribution in [-0.2, 0) is 11.3 Å². The Labute approximate surface area is 156 Å². The highest BCUT2D eigenvalue weighted by atomic mass is 19.3. The van der Waals surface area contributed by atoms with Gasteiger partial charge >= 0.3 is 12.6 Å². The lowest BCUT2D eigenvalue weighted by molar-refractivity contribution is -0.0493. The first-order valence-electron chi connectivity index (χ1n) is 8.87. The van der Waals surface area contributed by atoms with E-state index in [9.17, 15) is 13.6 Å². The number of likely N-dealkylation sites (tertiary alicyclic amines) is 1. The Bertz CT molecular complexity index is 735. The molecule has 1 aliphatic rings. The van der Waals surface area contributed by atoms with Crippen LogP contribution in [0.3, 0.4) is 0 Å². The molecule has 2 aromatic carbocycles. The summed E-state index contributed by atoms with van der Waals surface area (Å²) < 4.78 is 35.3. The maximum Gasteiger partial charge on any atom is 0.387 e. The zero-order chi connectivity index (χ0) is 19.1. The van der Waals surface area contributed by atoms with Crippen LogP contribution < -0.4 is 10.1 Å². The highest BCUT2D eigenvalue weighted by Gasteiger charge is 2.24. The summed E-state index contributed by atoms with van der Waals surface area (Å²) in [5.41, 5.74) is 1.35. The number of amides is 2. The molecule has 7 heteroatoms. The molecule has 5 nitrogen and oxygen atoms in total. The highest BCUT2D eigenvalue weighted by molar-refractivity contribution is 5.91. The number of hydrogen-bond donors (Lipinski definition) is 1. The summed E-state index contributed by atoms with van der Waals surface area (Å²) in [6.07, 6.45) is 1.56. The van der Waals surface area contributed by atoms with Gasteiger partial charge in [-0.05, 0) is 30.5 Å². The molecule has 1 saturated heterocycles. The maximum atomic E-state index is 12.5. The first kappa shape index (κ1) is 19.1. The van der Waals surface area contributed by atoms with Crippen LogP contribution in [0.1, 0.15) is 18.4 Å². The van der Waals surface area contributed by atoms with Crippen molar-refractivity contribution in [2.45, 2.75) is 32.2 Å². The Kier molecular flexibility index (Phi) is 6.59. The SMILES string of the molecule is O=C(Nc1ccccc1OC(F)F)N1CCC(OCc2ccccc2)CC1. The van der Waals surface area contributed by atoms with E-state index in [2.05, 4.69) is 10.1 Å². The van der Waals surface area contributed by atoms with Crippen LogP contribution in [0.4, 0.5) is 19.3 Å². The molecule has 0 saturated carbocycles. The lowest BCUT2D eigenvalue weighted by Crippen LogP contribution is -2.43. The van der Waals surface area contributed by atoms with Gasteiger partial charge in [0.15, 0.2) is 0 Å². The predicted octanol–water partition coefficient (Wildman–Crippen LogP) is 4.50. The van der Waals surface area contributed by atoms with Crippen LogP contribution in [0.25, 0.3) is 0 Å². The number of nitrogens with one attached hydrogen (secondary N) is 1. The number of benzene rings is 2. The molecule has 0 atom stereocenters. The molecule has 0 radical (unpaired) electrons. The molecule has 0 unspecified atom stereocenters. The number of piperidine rings is 1. The van der Waals surface area contributed by atoms with Gasteiger partial charge in [0.2, 0.25) is 0 Å². The average Bonchev–Trinajstić information content (AvgIpc) is 2.69. The van der Waals surface area contributed by atoms with Gasteiger partial charge in [0, 0.05) is 13.1 Å². The second-order valence-corrected chi connectivity index (χ2v) is 6.29. The van der Waals surface area contributed by atoms with E-state index in [0.29, 0.717) is 19.7 Å². The predicted molar refractivity (Wildman–Crippen MR) is 97.9 cm³/mol. The minimum absolute atomic E-state index is 0.0538. The first-order valence-corrected chi connectivity index (χ1v) is 8.87. The lowest BCUT2D eigenvalue weighted by Gasteiger charge is -2.32. The summed E-state index contributed by atoms with van der Waals surface area (Å²) in [6, 6.07) is 15.8. The van der Waals surface area contributed by atoms with E-state index < -0.39 is 6.61 Å². The minimum Gasteiger partial charge on any atom is -0.433 e. The number of nitrogens with zero attached hydrogens (tertiary/aromatic N) is 1. The first-order chi connectivity index (χ1) is 13.1. The Balaban J connectivity index is 1.47. The molecule has 1 fully saturated rings. The van der Waals surface area contributed by atoms with Gasteiger partial charge in [-0.1, -0.05) is 42.5 Å². The zero-order valence-corrected chi connectivity index (χ0v) is 14.8. The van der Waals surface area contributed by atoms with Crippen LogP contribution in [-0.4, -0.2) is 36.7 Å². The average molecular weight is 376 g/mol. The number of hydrogen-bond acceptors (Lipinski definition) is 3. The van der Waals surface area contributed by atoms with Crippen molar-refractivity contribution in [3.8, 4) is 5.75 Å². The third kappa shape index (κ3) is 5.65. The Morgan fingerprint density at radius 3 is 2.44 bits per heavy atom. The van der Waals surface area contributed by atoms with Crippen molar-refractivity contribution >= 4 is 11.7 Å². The van der Waals surface area contributed by atoms with Crippen molar-refractivity contribution in [2.75, 3.05) is 18.4 Å². The van der Waals surface area contributed by atoms with E-state index in [-0.39, 0.29) is 23.6 Å². The van der Waals surface area contributed by atoms with Gasteiger partial charge in [0.05, 0.1) is 18.4 Å². The van der Waals surface area contributed by atoms with Gasteiger partial charge in [0.1, 0.15) is 5.75 Å². The van der Waals surface area contributed by atoms with Gasteiger partial charge in [-0.3, -0.25) is 0 Å². The smallest absolute Gasteiger partial charge is 0.387 e. The summed E-state index contributed by atoms with van der Waals surface area (Å²) in [4.78, 5) is 14.1. The quantitative estimate of drug-likeness (QED) is 0.808. The lowest BCUT2D eigenvalue weighted by atomic mass is 10.1. The Hall–Kier alpha value is -2.67. The van der Waals surface area contributed by atoms with Crippen LogP contribution in [0, 0.1) is 0 Å². The number of urea groups is 1. The Morgan fingerprint density at radius 1 is 1.07 bits per heavy atom. The zero-order valence-electron chi connectivity index (χ0n) is 14.8. The number of alkyl halides is 2. The van der Waals surface area contributed by atoms with Gasteiger partial charge in [-0.2, -0.15) is 8.78 Å². The number of carbonyl (C=O) groups is 1. The van der Waals surface area contributed by atoms with E-state index in [4.69, 9.17) is 4.74 Å². The summed E-state index contributed by atoms with van der Waals surface area (Å²) >= 11 is 0. The number of carbonyl (C=O) groups excluding carboxylic acids is 1. The normalized spacial score (nSPS) is 15.0. The van der Waals surface area contributed by atoms with Gasteiger partial charge in [-0.15, -0.1) is 0 Å². The van der Waals surface area contributed by atoms with Crippen molar-refractivity contribution in [2.24, 2.45) is 0 Å². The van der Waals surface area contributed by atoms with Crippen LogP contribution in [0.5, 0.6) is 5.75 Å². The molecule has 27 heavy (non-hydrogen) atoms. The van der Waals surface area contributed by atoms with E-state index in [1.807, 2.05) is 30.3 Å². The molecule has 1 heterocycles. The van der Waals surface area contributed by atoms with Crippen molar-refractivity contribution in [3.05, 3.63) is 60.2 Å². The topological polar surface area (TPSA) is 50.8 Å².